The number of methoxy groups -OCH3 is 2. The Bertz CT molecular complexity index is 1100. The fourth-order valence-corrected chi connectivity index (χ4v) is 4.34. The van der Waals surface area contributed by atoms with Gasteiger partial charge in [-0.15, -0.1) is 0 Å². The summed E-state index contributed by atoms with van der Waals surface area (Å²) in [6.45, 7) is 1.61. The zero-order chi connectivity index (χ0) is 23.4. The van der Waals surface area contributed by atoms with Crippen LogP contribution in [0, 0.1) is 0 Å². The van der Waals surface area contributed by atoms with Gasteiger partial charge >= 0.3 is 5.97 Å². The molecule has 1 saturated heterocycles. The second kappa shape index (κ2) is 10.3. The maximum atomic E-state index is 12.7. The lowest BCUT2D eigenvalue weighted by atomic mass is 10.1. The van der Waals surface area contributed by atoms with Gasteiger partial charge in [0.05, 0.1) is 24.1 Å². The van der Waals surface area contributed by atoms with E-state index in [0.717, 1.165) is 22.2 Å². The van der Waals surface area contributed by atoms with Crippen LogP contribution in [0.3, 0.4) is 0 Å². The van der Waals surface area contributed by atoms with Gasteiger partial charge in [-0.25, -0.2) is 4.79 Å². The quantitative estimate of drug-likeness (QED) is 0.386. The summed E-state index contributed by atoms with van der Waals surface area (Å²) in [6.07, 6.45) is 1.50. The summed E-state index contributed by atoms with van der Waals surface area (Å²) in [7, 11) is 2.65. The van der Waals surface area contributed by atoms with E-state index in [9.17, 15) is 14.4 Å². The normalized spacial score (nSPS) is 15.8. The highest BCUT2D eigenvalue weighted by Crippen LogP contribution is 2.40. The van der Waals surface area contributed by atoms with E-state index in [2.05, 4.69) is 4.74 Å². The highest BCUT2D eigenvalue weighted by atomic mass is 35.5. The zero-order valence-corrected chi connectivity index (χ0v) is 19.7. The van der Waals surface area contributed by atoms with Crippen LogP contribution < -0.4 is 9.47 Å². The van der Waals surface area contributed by atoms with E-state index >= 15 is 0 Å². The molecule has 1 aliphatic heterocycles. The molecule has 1 fully saturated rings. The molecule has 1 atom stereocenters. The second-order valence-corrected chi connectivity index (χ2v) is 8.47. The van der Waals surface area contributed by atoms with Crippen LogP contribution in [-0.2, 0) is 20.9 Å². The van der Waals surface area contributed by atoms with Crippen LogP contribution >= 0.6 is 35.0 Å². The summed E-state index contributed by atoms with van der Waals surface area (Å²) < 4.78 is 15.9. The molecule has 168 valence electrons. The first-order chi connectivity index (χ1) is 15.3. The minimum Gasteiger partial charge on any atom is -0.493 e. The molecule has 0 spiro atoms. The standard InChI is InChI=1S/C22H19Cl2NO6S/c1-12(21(27)30-3)25-20(26)18(32-22(25)28)10-13-8-16(24)19(17(9-13)29-2)31-11-14-6-4-5-7-15(14)23/h4-10,12H,11H2,1-3H3/b18-10+/t12-/m0/s1. The summed E-state index contributed by atoms with van der Waals surface area (Å²) in [5, 5.41) is 0.262. The molecule has 2 amide bonds. The minimum absolute atomic E-state index is 0.147. The molecule has 0 saturated carbocycles. The Morgan fingerprint density at radius 3 is 2.53 bits per heavy atom. The first-order valence-electron chi connectivity index (χ1n) is 9.35. The summed E-state index contributed by atoms with van der Waals surface area (Å²) in [4.78, 5) is 37.7. The molecule has 0 aromatic heterocycles. The average molecular weight is 496 g/mol. The third-order valence-electron chi connectivity index (χ3n) is 4.63. The Morgan fingerprint density at radius 1 is 1.16 bits per heavy atom. The molecule has 0 unspecified atom stereocenters. The van der Waals surface area contributed by atoms with Gasteiger partial charge in [-0.3, -0.25) is 14.5 Å². The van der Waals surface area contributed by atoms with E-state index in [1.807, 2.05) is 18.2 Å². The number of esters is 1. The number of rotatable bonds is 7. The van der Waals surface area contributed by atoms with Gasteiger partial charge in [0.25, 0.3) is 11.1 Å². The number of imide groups is 1. The Kier molecular flexibility index (Phi) is 7.71. The topological polar surface area (TPSA) is 82.1 Å². The molecule has 2 aromatic carbocycles. The van der Waals surface area contributed by atoms with Crippen molar-refractivity contribution < 1.29 is 28.6 Å². The molecule has 32 heavy (non-hydrogen) atoms. The first kappa shape index (κ1) is 24.0. The Morgan fingerprint density at radius 2 is 1.88 bits per heavy atom. The number of hydrogen-bond acceptors (Lipinski definition) is 7. The van der Waals surface area contributed by atoms with Crippen LogP contribution in [0.1, 0.15) is 18.1 Å². The smallest absolute Gasteiger partial charge is 0.328 e. The SMILES string of the molecule is COC(=O)[C@H](C)N1C(=O)S/C(=C/c2cc(Cl)c(OCc3ccccc3Cl)c(OC)c2)C1=O. The molecule has 0 radical (unpaired) electrons. The van der Waals surface area contributed by atoms with E-state index < -0.39 is 23.2 Å². The molecule has 1 aliphatic rings. The highest BCUT2D eigenvalue weighted by Gasteiger charge is 2.41. The molecular formula is C22H19Cl2NO6S. The predicted molar refractivity (Wildman–Crippen MR) is 123 cm³/mol. The van der Waals surface area contributed by atoms with Crippen LogP contribution in [0.2, 0.25) is 10.0 Å². The molecule has 1 heterocycles. The third kappa shape index (κ3) is 5.03. The Balaban J connectivity index is 1.85. The van der Waals surface area contributed by atoms with Crippen LogP contribution in [-0.4, -0.2) is 42.3 Å². The number of halogens is 2. The Hall–Kier alpha value is -2.68. The lowest BCUT2D eigenvalue weighted by Gasteiger charge is -2.18. The van der Waals surface area contributed by atoms with Crippen molar-refractivity contribution in [3.05, 3.63) is 62.5 Å². The van der Waals surface area contributed by atoms with Gasteiger partial charge in [-0.2, -0.15) is 0 Å². The Labute approximate surface area is 199 Å². The van der Waals surface area contributed by atoms with Crippen molar-refractivity contribution in [3.8, 4) is 11.5 Å². The number of benzene rings is 2. The largest absolute Gasteiger partial charge is 0.493 e. The second-order valence-electron chi connectivity index (χ2n) is 6.67. The monoisotopic (exact) mass is 495 g/mol. The van der Waals surface area contributed by atoms with Gasteiger partial charge in [-0.1, -0.05) is 41.4 Å². The van der Waals surface area contributed by atoms with Crippen LogP contribution in [0.15, 0.2) is 41.3 Å². The van der Waals surface area contributed by atoms with Crippen LogP contribution in [0.4, 0.5) is 4.79 Å². The zero-order valence-electron chi connectivity index (χ0n) is 17.4. The maximum absolute atomic E-state index is 12.7. The van der Waals surface area contributed by atoms with Gasteiger partial charge in [0.1, 0.15) is 12.6 Å². The van der Waals surface area contributed by atoms with E-state index in [0.29, 0.717) is 22.1 Å². The number of ether oxygens (including phenoxy) is 3. The molecule has 0 N–H and O–H groups in total. The average Bonchev–Trinajstić information content (AvgIpc) is 3.05. The third-order valence-corrected chi connectivity index (χ3v) is 6.17. The molecule has 0 aliphatic carbocycles. The van der Waals surface area contributed by atoms with Gasteiger partial charge in [0.15, 0.2) is 11.5 Å². The van der Waals surface area contributed by atoms with Gasteiger partial charge in [-0.05, 0) is 48.5 Å². The lowest BCUT2D eigenvalue weighted by molar-refractivity contribution is -0.148. The molecule has 0 bridgehead atoms. The lowest BCUT2D eigenvalue weighted by Crippen LogP contribution is -2.42. The number of carbonyl (C=O) groups is 3. The van der Waals surface area contributed by atoms with E-state index in [1.54, 1.807) is 18.2 Å². The van der Waals surface area contributed by atoms with Crippen molar-refractivity contribution in [2.75, 3.05) is 14.2 Å². The maximum Gasteiger partial charge on any atom is 0.328 e. The van der Waals surface area contributed by atoms with E-state index in [1.165, 1.54) is 27.2 Å². The van der Waals surface area contributed by atoms with Gasteiger partial charge < -0.3 is 14.2 Å². The number of thioether (sulfide) groups is 1. The number of hydrogen-bond donors (Lipinski definition) is 0. The summed E-state index contributed by atoms with van der Waals surface area (Å²) in [5.41, 5.74) is 1.30. The fourth-order valence-electron chi connectivity index (χ4n) is 2.97. The number of carbonyl (C=O) groups excluding carboxylic acids is 3. The molecule has 10 heteroatoms. The molecule has 7 nitrogen and oxygen atoms in total. The van der Waals surface area contributed by atoms with E-state index in [-0.39, 0.29) is 16.5 Å². The van der Waals surface area contributed by atoms with Crippen LogP contribution in [0.25, 0.3) is 6.08 Å². The number of amides is 2. The molecule has 2 aromatic rings. The van der Waals surface area contributed by atoms with Crippen molar-refractivity contribution in [2.45, 2.75) is 19.6 Å². The number of nitrogens with zero attached hydrogens (tertiary/aromatic N) is 1. The van der Waals surface area contributed by atoms with Gasteiger partial charge in [0, 0.05) is 10.6 Å². The highest BCUT2D eigenvalue weighted by molar-refractivity contribution is 8.18. The van der Waals surface area contributed by atoms with Crippen molar-refractivity contribution in [2.24, 2.45) is 0 Å². The van der Waals surface area contributed by atoms with Gasteiger partial charge in [0.2, 0.25) is 0 Å². The molecular weight excluding hydrogens is 477 g/mol. The summed E-state index contributed by atoms with van der Waals surface area (Å²) in [5.74, 6) is -0.609. The van der Waals surface area contributed by atoms with Crippen molar-refractivity contribution in [1.29, 1.82) is 0 Å². The fraction of sp³-hybridized carbons (Fsp3) is 0.227. The van der Waals surface area contributed by atoms with Crippen molar-refractivity contribution in [3.63, 3.8) is 0 Å². The minimum atomic E-state index is -1.03. The molecule has 3 rings (SSSR count). The van der Waals surface area contributed by atoms with E-state index in [4.69, 9.17) is 32.7 Å². The summed E-state index contributed by atoms with van der Waals surface area (Å²) in [6, 6.07) is 9.45. The summed E-state index contributed by atoms with van der Waals surface area (Å²) >= 11 is 13.3. The first-order valence-corrected chi connectivity index (χ1v) is 10.9. The van der Waals surface area contributed by atoms with Crippen molar-refractivity contribution in [1.82, 2.24) is 4.90 Å². The predicted octanol–water partition coefficient (Wildman–Crippen LogP) is 5.18. The van der Waals surface area contributed by atoms with Crippen molar-refractivity contribution >= 4 is 58.2 Å². The van der Waals surface area contributed by atoms with Crippen LogP contribution in [0.5, 0.6) is 11.5 Å².